The van der Waals surface area contributed by atoms with Crippen LogP contribution >= 0.6 is 0 Å². The maximum Gasteiger partial charge on any atom is 0.0518 e. The van der Waals surface area contributed by atoms with Crippen LogP contribution in [0.5, 0.6) is 0 Å². The largest absolute Gasteiger partial charge is 0.396 e. The first-order valence-corrected chi connectivity index (χ1v) is 6.05. The summed E-state index contributed by atoms with van der Waals surface area (Å²) in [5.74, 6) is 0.811. The summed E-state index contributed by atoms with van der Waals surface area (Å²) < 4.78 is 0. The second-order valence-electron chi connectivity index (χ2n) is 5.48. The van der Waals surface area contributed by atoms with E-state index < -0.39 is 0 Å². The third-order valence-corrected chi connectivity index (χ3v) is 3.52. The van der Waals surface area contributed by atoms with E-state index in [2.05, 4.69) is 12.2 Å². The molecule has 1 fully saturated rings. The van der Waals surface area contributed by atoms with Gasteiger partial charge in [0.15, 0.2) is 0 Å². The average molecular weight is 215 g/mol. The molecule has 0 heterocycles. The van der Waals surface area contributed by atoms with Gasteiger partial charge in [-0.15, -0.1) is 0 Å². The maximum atomic E-state index is 9.17. The highest BCUT2D eigenvalue weighted by molar-refractivity contribution is 4.81. The van der Waals surface area contributed by atoms with E-state index in [-0.39, 0.29) is 18.6 Å². The minimum Gasteiger partial charge on any atom is -0.396 e. The molecule has 0 aromatic rings. The van der Waals surface area contributed by atoms with Gasteiger partial charge in [-0.3, -0.25) is 0 Å². The van der Waals surface area contributed by atoms with Crippen LogP contribution in [0.4, 0.5) is 0 Å². The fourth-order valence-electron chi connectivity index (χ4n) is 2.17. The third kappa shape index (κ3) is 4.09. The summed E-state index contributed by atoms with van der Waals surface area (Å²) in [7, 11) is 0. The van der Waals surface area contributed by atoms with Gasteiger partial charge in [-0.25, -0.2) is 0 Å². The zero-order valence-corrected chi connectivity index (χ0v) is 10.00. The quantitative estimate of drug-likeness (QED) is 0.645. The highest BCUT2D eigenvalue weighted by atomic mass is 16.3. The molecule has 0 aromatic heterocycles. The molecule has 0 aromatic carbocycles. The van der Waals surface area contributed by atoms with Crippen LogP contribution < -0.4 is 5.32 Å². The van der Waals surface area contributed by atoms with Crippen molar-refractivity contribution in [1.29, 1.82) is 0 Å². The Morgan fingerprint density at radius 2 is 1.93 bits per heavy atom. The molecular formula is C12H25NO2. The van der Waals surface area contributed by atoms with Crippen molar-refractivity contribution in [3.05, 3.63) is 0 Å². The Bertz CT molecular complexity index is 180. The van der Waals surface area contributed by atoms with E-state index in [1.807, 2.05) is 6.92 Å². The summed E-state index contributed by atoms with van der Waals surface area (Å²) in [4.78, 5) is 0. The Balaban J connectivity index is 2.29. The standard InChI is InChI=1S/C12H25NO2/c1-10-4-3-5-11(6-10)13-7-12(2,8-14)9-15/h10-11,13-15H,3-9H2,1-2H3. The van der Waals surface area contributed by atoms with Gasteiger partial charge >= 0.3 is 0 Å². The van der Waals surface area contributed by atoms with E-state index in [1.54, 1.807) is 0 Å². The lowest BCUT2D eigenvalue weighted by molar-refractivity contribution is 0.0651. The van der Waals surface area contributed by atoms with E-state index in [1.165, 1.54) is 25.7 Å². The molecular weight excluding hydrogens is 190 g/mol. The molecule has 0 bridgehead atoms. The van der Waals surface area contributed by atoms with Crippen molar-refractivity contribution < 1.29 is 10.2 Å². The summed E-state index contributed by atoms with van der Waals surface area (Å²) >= 11 is 0. The molecule has 0 radical (unpaired) electrons. The summed E-state index contributed by atoms with van der Waals surface area (Å²) in [6.45, 7) is 4.99. The van der Waals surface area contributed by atoms with Gasteiger partial charge in [0.2, 0.25) is 0 Å². The highest BCUT2D eigenvalue weighted by Gasteiger charge is 2.25. The predicted molar refractivity (Wildman–Crippen MR) is 61.7 cm³/mol. The van der Waals surface area contributed by atoms with Crippen LogP contribution in [0.25, 0.3) is 0 Å². The monoisotopic (exact) mass is 215 g/mol. The Labute approximate surface area is 92.9 Å². The second kappa shape index (κ2) is 5.83. The van der Waals surface area contributed by atoms with Crippen molar-refractivity contribution in [1.82, 2.24) is 5.32 Å². The molecule has 15 heavy (non-hydrogen) atoms. The molecule has 0 saturated heterocycles. The summed E-state index contributed by atoms with van der Waals surface area (Å²) in [5.41, 5.74) is -0.374. The Morgan fingerprint density at radius 3 is 2.47 bits per heavy atom. The Kier molecular flexibility index (Phi) is 5.03. The second-order valence-corrected chi connectivity index (χ2v) is 5.48. The van der Waals surface area contributed by atoms with Crippen LogP contribution in [-0.4, -0.2) is 36.0 Å². The fraction of sp³-hybridized carbons (Fsp3) is 1.00. The highest BCUT2D eigenvalue weighted by Crippen LogP contribution is 2.24. The average Bonchev–Trinajstić information content (AvgIpc) is 2.26. The van der Waals surface area contributed by atoms with Crippen molar-refractivity contribution in [2.75, 3.05) is 19.8 Å². The fourth-order valence-corrected chi connectivity index (χ4v) is 2.17. The van der Waals surface area contributed by atoms with Gasteiger partial charge in [-0.1, -0.05) is 26.7 Å². The zero-order valence-electron chi connectivity index (χ0n) is 10.00. The minimum atomic E-state index is -0.374. The number of nitrogens with one attached hydrogen (secondary N) is 1. The topological polar surface area (TPSA) is 52.5 Å². The lowest BCUT2D eigenvalue weighted by atomic mass is 9.86. The Morgan fingerprint density at radius 1 is 1.27 bits per heavy atom. The molecule has 90 valence electrons. The number of hydrogen-bond donors (Lipinski definition) is 3. The van der Waals surface area contributed by atoms with E-state index in [0.29, 0.717) is 12.6 Å². The molecule has 0 aliphatic heterocycles. The van der Waals surface area contributed by atoms with Crippen molar-refractivity contribution in [2.45, 2.75) is 45.6 Å². The van der Waals surface area contributed by atoms with Gasteiger partial charge < -0.3 is 15.5 Å². The van der Waals surface area contributed by atoms with E-state index in [9.17, 15) is 0 Å². The van der Waals surface area contributed by atoms with E-state index in [4.69, 9.17) is 10.2 Å². The van der Waals surface area contributed by atoms with Crippen LogP contribution in [0.15, 0.2) is 0 Å². The first kappa shape index (κ1) is 12.9. The van der Waals surface area contributed by atoms with Gasteiger partial charge in [0, 0.05) is 18.0 Å². The molecule has 0 amide bonds. The van der Waals surface area contributed by atoms with Crippen molar-refractivity contribution in [2.24, 2.45) is 11.3 Å². The van der Waals surface area contributed by atoms with Crippen molar-refractivity contribution in [3.8, 4) is 0 Å². The van der Waals surface area contributed by atoms with Crippen LogP contribution in [-0.2, 0) is 0 Å². The van der Waals surface area contributed by atoms with Crippen molar-refractivity contribution in [3.63, 3.8) is 0 Å². The first-order valence-electron chi connectivity index (χ1n) is 6.05. The van der Waals surface area contributed by atoms with E-state index in [0.717, 1.165) is 5.92 Å². The molecule has 1 aliphatic carbocycles. The molecule has 3 heteroatoms. The molecule has 1 saturated carbocycles. The first-order chi connectivity index (χ1) is 7.09. The summed E-state index contributed by atoms with van der Waals surface area (Å²) in [5, 5.41) is 21.8. The van der Waals surface area contributed by atoms with Crippen LogP contribution in [0.1, 0.15) is 39.5 Å². The number of rotatable bonds is 5. The Hall–Kier alpha value is -0.120. The molecule has 3 nitrogen and oxygen atoms in total. The van der Waals surface area contributed by atoms with Gasteiger partial charge in [0.1, 0.15) is 0 Å². The van der Waals surface area contributed by atoms with Gasteiger partial charge in [0.25, 0.3) is 0 Å². The molecule has 3 N–H and O–H groups in total. The number of aliphatic hydroxyl groups is 2. The molecule has 2 unspecified atom stereocenters. The number of hydrogen-bond acceptors (Lipinski definition) is 3. The van der Waals surface area contributed by atoms with Gasteiger partial charge in [0.05, 0.1) is 13.2 Å². The molecule has 2 atom stereocenters. The zero-order chi connectivity index (χ0) is 11.3. The smallest absolute Gasteiger partial charge is 0.0518 e. The summed E-state index contributed by atoms with van der Waals surface area (Å²) in [6, 6.07) is 0.575. The molecule has 1 rings (SSSR count). The molecule has 1 aliphatic rings. The van der Waals surface area contributed by atoms with Crippen LogP contribution in [0.2, 0.25) is 0 Å². The summed E-state index contributed by atoms with van der Waals surface area (Å²) in [6.07, 6.45) is 5.10. The predicted octanol–water partition coefficient (Wildman–Crippen LogP) is 1.15. The lowest BCUT2D eigenvalue weighted by Crippen LogP contribution is -2.43. The number of aliphatic hydroxyl groups excluding tert-OH is 2. The van der Waals surface area contributed by atoms with Crippen molar-refractivity contribution >= 4 is 0 Å². The SMILES string of the molecule is CC1CCCC(NCC(C)(CO)CO)C1. The van der Waals surface area contributed by atoms with Gasteiger partial charge in [-0.05, 0) is 18.8 Å². The normalized spacial score (nSPS) is 28.0. The minimum absolute atomic E-state index is 0.0404. The molecule has 0 spiro atoms. The maximum absolute atomic E-state index is 9.17. The van der Waals surface area contributed by atoms with Crippen LogP contribution in [0, 0.1) is 11.3 Å². The lowest BCUT2D eigenvalue weighted by Gasteiger charge is -2.32. The van der Waals surface area contributed by atoms with Crippen LogP contribution in [0.3, 0.4) is 0 Å². The van der Waals surface area contributed by atoms with Gasteiger partial charge in [-0.2, -0.15) is 0 Å². The third-order valence-electron chi connectivity index (χ3n) is 3.52. The van der Waals surface area contributed by atoms with E-state index >= 15 is 0 Å².